The lowest BCUT2D eigenvalue weighted by Crippen LogP contribution is -2.52. The summed E-state index contributed by atoms with van der Waals surface area (Å²) in [6.45, 7) is 4.92. The minimum Gasteiger partial charge on any atom is -0.420 e. The molecule has 270 valence electrons. The van der Waals surface area contributed by atoms with Crippen LogP contribution in [0.3, 0.4) is 0 Å². The van der Waals surface area contributed by atoms with E-state index in [0.717, 1.165) is 37.2 Å². The van der Waals surface area contributed by atoms with Gasteiger partial charge in [-0.05, 0) is 65.9 Å². The smallest absolute Gasteiger partial charge is 0.420 e. The van der Waals surface area contributed by atoms with Crippen molar-refractivity contribution in [3.05, 3.63) is 144 Å². The maximum Gasteiger partial charge on any atom is 0.431 e. The highest BCUT2D eigenvalue weighted by Gasteiger charge is 2.37. The number of para-hydroxylation sites is 1. The van der Waals surface area contributed by atoms with Crippen LogP contribution >= 0.6 is 12.0 Å². The van der Waals surface area contributed by atoms with Crippen molar-refractivity contribution >= 4 is 18.5 Å². The van der Waals surface area contributed by atoms with Gasteiger partial charge in [-0.3, -0.25) is 14.1 Å². The van der Waals surface area contributed by atoms with Gasteiger partial charge in [-0.1, -0.05) is 91.0 Å². The van der Waals surface area contributed by atoms with Gasteiger partial charge in [0.1, 0.15) is 23.5 Å². The number of hydrogen-bond donors (Lipinski definition) is 0. The maximum absolute atomic E-state index is 13.4. The molecule has 0 bridgehead atoms. The number of aryl methyl sites for hydroxylation is 1. The molecule has 1 aliphatic rings. The Bertz CT molecular complexity index is 1760. The summed E-state index contributed by atoms with van der Waals surface area (Å²) in [4.78, 5) is 15.6. The molecule has 5 nitrogen and oxygen atoms in total. The molecule has 6 rings (SSSR count). The van der Waals surface area contributed by atoms with E-state index in [9.17, 15) is 31.1 Å². The Morgan fingerprint density at radius 3 is 1.98 bits per heavy atom. The van der Waals surface area contributed by atoms with Crippen LogP contribution in [0.5, 0.6) is 5.75 Å². The lowest BCUT2D eigenvalue weighted by Gasteiger charge is -2.39. The Morgan fingerprint density at radius 1 is 0.824 bits per heavy atom. The number of nitrogens with zero attached hydrogens (tertiary/aromatic N) is 3. The Balaban J connectivity index is 0.000000222. The summed E-state index contributed by atoms with van der Waals surface area (Å²) in [6.07, 6.45) is -2.78. The fraction of sp³-hybridized carbons (Fsp3) is 0.256. The Labute approximate surface area is 298 Å². The average Bonchev–Trinajstić information content (AvgIpc) is 3.51. The van der Waals surface area contributed by atoms with E-state index in [1.54, 1.807) is 49.4 Å². The number of aromatic nitrogens is 1. The molecule has 1 fully saturated rings. The molecule has 1 saturated heterocycles. The molecule has 12 heteroatoms. The van der Waals surface area contributed by atoms with Gasteiger partial charge in [0.2, 0.25) is 6.41 Å². The summed E-state index contributed by atoms with van der Waals surface area (Å²) in [7, 11) is 0.500. The van der Waals surface area contributed by atoms with Crippen molar-refractivity contribution in [3.8, 4) is 22.7 Å². The van der Waals surface area contributed by atoms with Crippen molar-refractivity contribution in [2.45, 2.75) is 37.9 Å². The zero-order chi connectivity index (χ0) is 36.8. The lowest BCUT2D eigenvalue weighted by atomic mass is 10.0. The molecule has 1 atom stereocenters. The van der Waals surface area contributed by atoms with Gasteiger partial charge in [-0.2, -0.15) is 22.0 Å². The highest BCUT2D eigenvalue weighted by atomic mass is 32.2. The molecule has 4 aromatic carbocycles. The van der Waals surface area contributed by atoms with Crippen molar-refractivity contribution in [2.24, 2.45) is 0 Å². The van der Waals surface area contributed by atoms with Crippen LogP contribution in [-0.2, 0) is 23.9 Å². The molecule has 0 spiro atoms. The van der Waals surface area contributed by atoms with Crippen LogP contribution in [0.15, 0.2) is 121 Å². The van der Waals surface area contributed by atoms with E-state index in [2.05, 4.69) is 17.0 Å². The molecule has 2 heterocycles. The number of benzene rings is 4. The molecular weight excluding hydrogens is 689 g/mol. The van der Waals surface area contributed by atoms with E-state index in [1.807, 2.05) is 65.6 Å². The summed E-state index contributed by atoms with van der Waals surface area (Å²) in [5.74, 6) is -2.17. The van der Waals surface area contributed by atoms with Crippen LogP contribution in [0.4, 0.5) is 26.3 Å². The van der Waals surface area contributed by atoms with Gasteiger partial charge >= 0.3 is 11.9 Å². The summed E-state index contributed by atoms with van der Waals surface area (Å²) in [5.41, 5.74) is 4.08. The molecule has 1 amide bonds. The number of rotatable bonds is 10. The fourth-order valence-electron chi connectivity index (χ4n) is 5.93. The van der Waals surface area contributed by atoms with Crippen molar-refractivity contribution < 1.29 is 35.3 Å². The number of carbonyl (C=O) groups is 1. The van der Waals surface area contributed by atoms with Crippen LogP contribution in [0, 0.1) is 6.92 Å². The summed E-state index contributed by atoms with van der Waals surface area (Å²) >= 11 is 0.137. The zero-order valence-corrected chi connectivity index (χ0v) is 29.0. The lowest BCUT2D eigenvalue weighted by molar-refractivity contribution is -0.142. The Morgan fingerprint density at radius 2 is 1.41 bits per heavy atom. The van der Waals surface area contributed by atoms with E-state index < -0.39 is 17.6 Å². The number of alkyl halides is 6. The number of hydrogen-bond acceptors (Lipinski definition) is 4. The van der Waals surface area contributed by atoms with Crippen molar-refractivity contribution in [1.82, 2.24) is 14.4 Å². The number of halogens is 6. The third-order valence-electron chi connectivity index (χ3n) is 8.15. The van der Waals surface area contributed by atoms with Crippen LogP contribution in [-0.4, -0.2) is 59.4 Å². The van der Waals surface area contributed by atoms with E-state index in [-0.39, 0.29) is 18.1 Å². The van der Waals surface area contributed by atoms with Crippen LogP contribution < -0.4 is 4.18 Å². The molecule has 51 heavy (non-hydrogen) atoms. The minimum absolute atomic E-state index is 0.0853. The van der Waals surface area contributed by atoms with Crippen LogP contribution in [0.2, 0.25) is 0 Å². The first kappa shape index (κ1) is 39.1. The van der Waals surface area contributed by atoms with Gasteiger partial charge in [0, 0.05) is 37.9 Å². The fourth-order valence-corrected chi connectivity index (χ4v) is 6.22. The highest BCUT2D eigenvalue weighted by Crippen LogP contribution is 2.38. The minimum atomic E-state index is -4.41. The number of piperazine rings is 1. The first-order valence-corrected chi connectivity index (χ1v) is 16.9. The predicted molar refractivity (Wildman–Crippen MR) is 191 cm³/mol. The second kappa shape index (κ2) is 19.1. The van der Waals surface area contributed by atoms with Gasteiger partial charge in [-0.25, -0.2) is 0 Å². The normalized spacial score (nSPS) is 14.6. The van der Waals surface area contributed by atoms with Crippen molar-refractivity contribution in [1.29, 1.82) is 0 Å². The van der Waals surface area contributed by atoms with Crippen LogP contribution in [0.25, 0.3) is 16.9 Å². The summed E-state index contributed by atoms with van der Waals surface area (Å²) in [5, 5.41) is 0. The van der Waals surface area contributed by atoms with Gasteiger partial charge in [0.25, 0.3) is 0 Å². The molecule has 0 N–H and O–H groups in total. The third kappa shape index (κ3) is 11.2. The Hall–Kier alpha value is -4.68. The summed E-state index contributed by atoms with van der Waals surface area (Å²) in [6, 6.07) is 36.4. The molecule has 1 aliphatic heterocycles. The van der Waals surface area contributed by atoms with Crippen LogP contribution in [0.1, 0.15) is 22.4 Å². The van der Waals surface area contributed by atoms with Crippen molar-refractivity contribution in [2.75, 3.05) is 26.8 Å². The largest absolute Gasteiger partial charge is 0.431 e. The molecule has 0 aliphatic carbocycles. The topological polar surface area (TPSA) is 37.7 Å². The van der Waals surface area contributed by atoms with E-state index >= 15 is 0 Å². The van der Waals surface area contributed by atoms with E-state index in [0.29, 0.717) is 42.8 Å². The SMILES string of the molecule is CF.Cc1cc(C(F)(F)F)n(-c2ccccc2)c1-c1ccccc1.O=CN1CCN(Cc2ccccc2)CC1Cc1ccc(OSC(F)F)cc1. The van der Waals surface area contributed by atoms with E-state index in [1.165, 1.54) is 16.2 Å². The molecule has 0 saturated carbocycles. The number of carbonyl (C=O) groups excluding carboxylic acids is 1. The highest BCUT2D eigenvalue weighted by molar-refractivity contribution is 7.95. The van der Waals surface area contributed by atoms with Gasteiger partial charge < -0.3 is 13.7 Å². The molecule has 5 aromatic rings. The average molecular weight is 728 g/mol. The molecule has 0 radical (unpaired) electrons. The first-order valence-electron chi connectivity index (χ1n) is 16.1. The second-order valence-electron chi connectivity index (χ2n) is 11.6. The predicted octanol–water partition coefficient (Wildman–Crippen LogP) is 9.88. The molecule has 1 aromatic heterocycles. The standard InChI is InChI=1S/C20H22F2N2O2S.C18H14F3N.CH3F/c21-20(22)27-26-19-8-6-16(7-9-19)12-18-14-23(10-11-24(18)15-25)13-17-4-2-1-3-5-17;1-13-12-16(18(19,20)21)22(15-10-6-3-7-11-15)17(13)14-8-4-2-5-9-14;1-2/h1-9,15,18,20H,10-14H2;2-12H,1H3;1H3. The zero-order valence-electron chi connectivity index (χ0n) is 28.1. The molecular formula is C39H39F6N3O2S. The monoisotopic (exact) mass is 727 g/mol. The second-order valence-corrected chi connectivity index (χ2v) is 12.3. The maximum atomic E-state index is 13.4. The first-order chi connectivity index (χ1) is 24.6. The Kier molecular flexibility index (Phi) is 14.6. The van der Waals surface area contributed by atoms with Gasteiger partial charge in [0.05, 0.1) is 12.9 Å². The third-order valence-corrected chi connectivity index (χ3v) is 8.59. The quantitative estimate of drug-likeness (QED) is 0.0816. The molecule has 1 unspecified atom stereocenters. The van der Waals surface area contributed by atoms with Gasteiger partial charge in [0.15, 0.2) is 0 Å². The van der Waals surface area contributed by atoms with E-state index in [4.69, 9.17) is 4.18 Å². The van der Waals surface area contributed by atoms with Gasteiger partial charge in [-0.15, -0.1) is 0 Å². The summed E-state index contributed by atoms with van der Waals surface area (Å²) < 4.78 is 80.3. The number of amides is 1. The van der Waals surface area contributed by atoms with Crippen molar-refractivity contribution in [3.63, 3.8) is 0 Å².